The molecule has 0 aliphatic carbocycles. The predicted octanol–water partition coefficient (Wildman–Crippen LogP) is 2.90. The van der Waals surface area contributed by atoms with Crippen molar-refractivity contribution in [1.29, 1.82) is 0 Å². The Balaban J connectivity index is 2.25. The third-order valence-corrected chi connectivity index (χ3v) is 3.41. The molecule has 0 spiro atoms. The molecular formula is C16H25N3O3. The molecule has 6 heteroatoms. The Morgan fingerprint density at radius 3 is 2.50 bits per heavy atom. The number of ether oxygens (including phenoxy) is 2. The first-order valence-electron chi connectivity index (χ1n) is 7.63. The molecular weight excluding hydrogens is 282 g/mol. The lowest BCUT2D eigenvalue weighted by atomic mass is 10.1. The van der Waals surface area contributed by atoms with E-state index in [-0.39, 0.29) is 12.0 Å². The quantitative estimate of drug-likeness (QED) is 0.840. The smallest absolute Gasteiger partial charge is 0.410 e. The highest BCUT2D eigenvalue weighted by atomic mass is 16.6. The van der Waals surface area contributed by atoms with Crippen LogP contribution >= 0.6 is 0 Å². The van der Waals surface area contributed by atoms with E-state index in [0.717, 1.165) is 17.1 Å². The molecule has 2 heterocycles. The number of carbonyl (C=O) groups excluding carboxylic acids is 1. The van der Waals surface area contributed by atoms with Crippen molar-refractivity contribution in [2.45, 2.75) is 59.1 Å². The molecule has 0 radical (unpaired) electrons. The van der Waals surface area contributed by atoms with Gasteiger partial charge in [0.1, 0.15) is 11.4 Å². The van der Waals surface area contributed by atoms with Crippen molar-refractivity contribution in [2.75, 3.05) is 13.7 Å². The molecule has 0 atom stereocenters. The summed E-state index contributed by atoms with van der Waals surface area (Å²) in [6, 6.07) is 0. The number of carbonyl (C=O) groups is 1. The van der Waals surface area contributed by atoms with Crippen molar-refractivity contribution in [1.82, 2.24) is 14.9 Å². The zero-order chi connectivity index (χ0) is 16.5. The van der Waals surface area contributed by atoms with Gasteiger partial charge in [-0.3, -0.25) is 0 Å². The summed E-state index contributed by atoms with van der Waals surface area (Å²) in [7, 11) is 1.62. The van der Waals surface area contributed by atoms with E-state index in [9.17, 15) is 4.79 Å². The van der Waals surface area contributed by atoms with E-state index in [0.29, 0.717) is 25.4 Å². The van der Waals surface area contributed by atoms with Gasteiger partial charge in [0.15, 0.2) is 0 Å². The Hall–Kier alpha value is -1.85. The molecule has 0 saturated heterocycles. The number of hydrogen-bond donors (Lipinski definition) is 0. The summed E-state index contributed by atoms with van der Waals surface area (Å²) in [5.74, 6) is 1.57. The molecule has 1 aromatic rings. The topological polar surface area (TPSA) is 64.6 Å². The average molecular weight is 307 g/mol. The van der Waals surface area contributed by atoms with Crippen LogP contribution in [0.15, 0.2) is 0 Å². The van der Waals surface area contributed by atoms with Crippen LogP contribution < -0.4 is 4.74 Å². The van der Waals surface area contributed by atoms with E-state index in [2.05, 4.69) is 9.97 Å². The summed E-state index contributed by atoms with van der Waals surface area (Å²) in [5, 5.41) is 0. The second kappa shape index (κ2) is 6.10. The SMILES string of the molecule is COc1nc(C(C)C)nc2c1CCN(C(=O)OC(C)(C)C)C2. The molecule has 2 rings (SSSR count). The molecule has 0 fully saturated rings. The van der Waals surface area contributed by atoms with Crippen molar-refractivity contribution in [3.8, 4) is 5.88 Å². The lowest BCUT2D eigenvalue weighted by Crippen LogP contribution is -2.40. The van der Waals surface area contributed by atoms with Gasteiger partial charge >= 0.3 is 6.09 Å². The number of amides is 1. The van der Waals surface area contributed by atoms with Crippen LogP contribution in [0.2, 0.25) is 0 Å². The first-order valence-corrected chi connectivity index (χ1v) is 7.63. The average Bonchev–Trinajstić information content (AvgIpc) is 2.43. The lowest BCUT2D eigenvalue weighted by Gasteiger charge is -2.31. The van der Waals surface area contributed by atoms with Gasteiger partial charge < -0.3 is 14.4 Å². The highest BCUT2D eigenvalue weighted by Gasteiger charge is 2.29. The van der Waals surface area contributed by atoms with Gasteiger partial charge in [0.2, 0.25) is 5.88 Å². The van der Waals surface area contributed by atoms with E-state index < -0.39 is 5.60 Å². The first kappa shape index (κ1) is 16.5. The minimum absolute atomic E-state index is 0.205. The number of aromatic nitrogens is 2. The van der Waals surface area contributed by atoms with Gasteiger partial charge in [-0.2, -0.15) is 4.98 Å². The zero-order valence-electron chi connectivity index (χ0n) is 14.3. The number of fused-ring (bicyclic) bond motifs is 1. The largest absolute Gasteiger partial charge is 0.481 e. The van der Waals surface area contributed by atoms with Crippen molar-refractivity contribution in [3.63, 3.8) is 0 Å². The van der Waals surface area contributed by atoms with Crippen LogP contribution in [0.3, 0.4) is 0 Å². The van der Waals surface area contributed by atoms with Gasteiger partial charge in [0.25, 0.3) is 0 Å². The zero-order valence-corrected chi connectivity index (χ0v) is 14.3. The number of hydrogen-bond acceptors (Lipinski definition) is 5. The molecule has 22 heavy (non-hydrogen) atoms. The van der Waals surface area contributed by atoms with Crippen LogP contribution in [0.5, 0.6) is 5.88 Å². The van der Waals surface area contributed by atoms with E-state index in [1.165, 1.54) is 0 Å². The molecule has 1 aliphatic rings. The standard InChI is InChI=1S/C16H25N3O3/c1-10(2)13-17-12-9-19(15(20)22-16(3,4)5)8-7-11(12)14(18-13)21-6/h10H,7-9H2,1-6H3. The Labute approximate surface area is 131 Å². The second-order valence-corrected chi connectivity index (χ2v) is 6.82. The summed E-state index contributed by atoms with van der Waals surface area (Å²) in [4.78, 5) is 23.0. The van der Waals surface area contributed by atoms with Crippen LogP contribution in [-0.4, -0.2) is 40.2 Å². The maximum atomic E-state index is 12.2. The van der Waals surface area contributed by atoms with Gasteiger partial charge in [-0.1, -0.05) is 13.8 Å². The molecule has 1 aromatic heterocycles. The minimum Gasteiger partial charge on any atom is -0.481 e. The molecule has 0 unspecified atom stereocenters. The highest BCUT2D eigenvalue weighted by Crippen LogP contribution is 2.27. The molecule has 1 aliphatic heterocycles. The van der Waals surface area contributed by atoms with Gasteiger partial charge in [-0.05, 0) is 27.2 Å². The number of rotatable bonds is 2. The fourth-order valence-electron chi connectivity index (χ4n) is 2.32. The van der Waals surface area contributed by atoms with Gasteiger partial charge in [-0.15, -0.1) is 0 Å². The number of nitrogens with zero attached hydrogens (tertiary/aromatic N) is 3. The predicted molar refractivity (Wildman–Crippen MR) is 83.0 cm³/mol. The summed E-state index contributed by atoms with van der Waals surface area (Å²) in [5.41, 5.74) is 1.35. The number of methoxy groups -OCH3 is 1. The van der Waals surface area contributed by atoms with Crippen LogP contribution in [-0.2, 0) is 17.7 Å². The molecule has 0 aromatic carbocycles. The maximum absolute atomic E-state index is 12.2. The van der Waals surface area contributed by atoms with Crippen molar-refractivity contribution < 1.29 is 14.3 Å². The monoisotopic (exact) mass is 307 g/mol. The van der Waals surface area contributed by atoms with Crippen LogP contribution in [0.1, 0.15) is 57.6 Å². The highest BCUT2D eigenvalue weighted by molar-refractivity contribution is 5.68. The van der Waals surface area contributed by atoms with Crippen LogP contribution in [0.25, 0.3) is 0 Å². The molecule has 1 amide bonds. The van der Waals surface area contributed by atoms with E-state index in [1.54, 1.807) is 12.0 Å². The molecule has 122 valence electrons. The van der Waals surface area contributed by atoms with Gasteiger partial charge in [0, 0.05) is 18.0 Å². The van der Waals surface area contributed by atoms with Crippen molar-refractivity contribution >= 4 is 6.09 Å². The molecule has 0 bridgehead atoms. The van der Waals surface area contributed by atoms with Gasteiger partial charge in [0.05, 0.1) is 19.3 Å². The summed E-state index contributed by atoms with van der Waals surface area (Å²) >= 11 is 0. The lowest BCUT2D eigenvalue weighted by molar-refractivity contribution is 0.0219. The summed E-state index contributed by atoms with van der Waals surface area (Å²) < 4.78 is 10.8. The third-order valence-electron chi connectivity index (χ3n) is 3.41. The van der Waals surface area contributed by atoms with E-state index >= 15 is 0 Å². The van der Waals surface area contributed by atoms with E-state index in [4.69, 9.17) is 9.47 Å². The Morgan fingerprint density at radius 2 is 1.95 bits per heavy atom. The third kappa shape index (κ3) is 3.67. The maximum Gasteiger partial charge on any atom is 0.410 e. The summed E-state index contributed by atoms with van der Waals surface area (Å²) in [6.07, 6.45) is 0.373. The molecule has 0 saturated carbocycles. The Kier molecular flexibility index (Phi) is 4.58. The van der Waals surface area contributed by atoms with E-state index in [1.807, 2.05) is 34.6 Å². The second-order valence-electron chi connectivity index (χ2n) is 6.82. The van der Waals surface area contributed by atoms with Crippen LogP contribution in [0.4, 0.5) is 4.79 Å². The fourth-order valence-corrected chi connectivity index (χ4v) is 2.32. The fraction of sp³-hybridized carbons (Fsp3) is 0.688. The molecule has 6 nitrogen and oxygen atoms in total. The van der Waals surface area contributed by atoms with Crippen molar-refractivity contribution in [2.24, 2.45) is 0 Å². The Morgan fingerprint density at radius 1 is 1.27 bits per heavy atom. The normalized spacial score (nSPS) is 14.8. The van der Waals surface area contributed by atoms with Gasteiger partial charge in [-0.25, -0.2) is 9.78 Å². The molecule has 0 N–H and O–H groups in total. The summed E-state index contributed by atoms with van der Waals surface area (Å²) in [6.45, 7) is 10.7. The van der Waals surface area contributed by atoms with Crippen LogP contribution in [0, 0.1) is 0 Å². The Bertz CT molecular complexity index is 564. The minimum atomic E-state index is -0.496. The van der Waals surface area contributed by atoms with Crippen molar-refractivity contribution in [3.05, 3.63) is 17.1 Å². The first-order chi connectivity index (χ1) is 10.2.